The Kier molecular flexibility index (Phi) is 3.28. The molecule has 2 aromatic carbocycles. The molecule has 0 saturated carbocycles. The summed E-state index contributed by atoms with van der Waals surface area (Å²) in [6.45, 7) is 1.95. The molecule has 0 radical (unpaired) electrons. The quantitative estimate of drug-likeness (QED) is 0.720. The Balaban J connectivity index is 1.97. The SMILES string of the molecule is Cc1cc(-c2nc(-c3ccc(Br)cc3)no2)ccc1N. The summed E-state index contributed by atoms with van der Waals surface area (Å²) in [5.74, 6) is 1.06. The highest BCUT2D eigenvalue weighted by Gasteiger charge is 2.11. The first-order valence-electron chi connectivity index (χ1n) is 6.09. The van der Waals surface area contributed by atoms with E-state index in [-0.39, 0.29) is 0 Å². The fourth-order valence-corrected chi connectivity index (χ4v) is 2.13. The van der Waals surface area contributed by atoms with Gasteiger partial charge >= 0.3 is 0 Å². The average Bonchev–Trinajstić information content (AvgIpc) is 2.92. The number of aromatic nitrogens is 2. The summed E-state index contributed by atoms with van der Waals surface area (Å²) in [6.07, 6.45) is 0. The van der Waals surface area contributed by atoms with Gasteiger partial charge in [-0.2, -0.15) is 4.98 Å². The number of aryl methyl sites for hydroxylation is 1. The molecule has 100 valence electrons. The van der Waals surface area contributed by atoms with Crippen molar-refractivity contribution < 1.29 is 4.52 Å². The lowest BCUT2D eigenvalue weighted by molar-refractivity contribution is 0.432. The molecule has 0 bridgehead atoms. The highest BCUT2D eigenvalue weighted by Crippen LogP contribution is 2.25. The highest BCUT2D eigenvalue weighted by atomic mass is 79.9. The van der Waals surface area contributed by atoms with Gasteiger partial charge in [0.1, 0.15) is 0 Å². The molecular formula is C15H12BrN3O. The number of halogens is 1. The topological polar surface area (TPSA) is 64.9 Å². The van der Waals surface area contributed by atoms with E-state index in [1.165, 1.54) is 0 Å². The largest absolute Gasteiger partial charge is 0.399 e. The van der Waals surface area contributed by atoms with Crippen LogP contribution in [0, 0.1) is 6.92 Å². The van der Waals surface area contributed by atoms with E-state index in [1.54, 1.807) is 0 Å². The monoisotopic (exact) mass is 329 g/mol. The maximum Gasteiger partial charge on any atom is 0.258 e. The van der Waals surface area contributed by atoms with Gasteiger partial charge in [-0.25, -0.2) is 0 Å². The van der Waals surface area contributed by atoms with E-state index in [1.807, 2.05) is 49.4 Å². The number of nitrogens with two attached hydrogens (primary N) is 1. The molecule has 2 N–H and O–H groups in total. The standard InChI is InChI=1S/C15H12BrN3O/c1-9-8-11(4-7-13(9)17)15-18-14(19-20-15)10-2-5-12(16)6-3-10/h2-8H,17H2,1H3. The molecule has 0 saturated heterocycles. The van der Waals surface area contributed by atoms with Crippen LogP contribution in [-0.2, 0) is 0 Å². The second-order valence-corrected chi connectivity index (χ2v) is 5.42. The zero-order chi connectivity index (χ0) is 14.1. The van der Waals surface area contributed by atoms with Crippen molar-refractivity contribution in [2.24, 2.45) is 0 Å². The lowest BCUT2D eigenvalue weighted by atomic mass is 10.1. The minimum absolute atomic E-state index is 0.492. The number of anilines is 1. The van der Waals surface area contributed by atoms with Crippen LogP contribution in [0.25, 0.3) is 22.8 Å². The van der Waals surface area contributed by atoms with Crippen LogP contribution in [-0.4, -0.2) is 10.1 Å². The van der Waals surface area contributed by atoms with E-state index in [9.17, 15) is 0 Å². The summed E-state index contributed by atoms with van der Waals surface area (Å²) < 4.78 is 6.33. The van der Waals surface area contributed by atoms with Crippen LogP contribution < -0.4 is 5.73 Å². The second kappa shape index (κ2) is 5.09. The summed E-state index contributed by atoms with van der Waals surface area (Å²) in [7, 11) is 0. The van der Waals surface area contributed by atoms with E-state index in [0.717, 1.165) is 26.9 Å². The van der Waals surface area contributed by atoms with Gasteiger partial charge in [0.15, 0.2) is 0 Å². The molecule has 5 heteroatoms. The molecule has 0 amide bonds. The molecule has 0 aliphatic heterocycles. The van der Waals surface area contributed by atoms with Crippen LogP contribution in [0.4, 0.5) is 5.69 Å². The number of hydrogen-bond donors (Lipinski definition) is 1. The van der Waals surface area contributed by atoms with E-state index in [0.29, 0.717) is 11.7 Å². The van der Waals surface area contributed by atoms with Crippen molar-refractivity contribution in [2.75, 3.05) is 5.73 Å². The van der Waals surface area contributed by atoms with E-state index in [2.05, 4.69) is 26.1 Å². The van der Waals surface area contributed by atoms with Crippen molar-refractivity contribution in [3.8, 4) is 22.8 Å². The van der Waals surface area contributed by atoms with E-state index in [4.69, 9.17) is 10.3 Å². The van der Waals surface area contributed by atoms with Crippen molar-refractivity contribution in [1.82, 2.24) is 10.1 Å². The minimum Gasteiger partial charge on any atom is -0.399 e. The number of nitrogen functional groups attached to an aromatic ring is 1. The Morgan fingerprint density at radius 2 is 1.75 bits per heavy atom. The lowest BCUT2D eigenvalue weighted by Crippen LogP contribution is -1.89. The van der Waals surface area contributed by atoms with Gasteiger partial charge in [-0.3, -0.25) is 0 Å². The highest BCUT2D eigenvalue weighted by molar-refractivity contribution is 9.10. The van der Waals surface area contributed by atoms with Gasteiger partial charge in [-0.05, 0) is 55.0 Å². The first-order valence-corrected chi connectivity index (χ1v) is 6.89. The molecule has 0 spiro atoms. The van der Waals surface area contributed by atoms with Crippen LogP contribution >= 0.6 is 15.9 Å². The Labute approximate surface area is 124 Å². The predicted octanol–water partition coefficient (Wildman–Crippen LogP) is 4.06. The Hall–Kier alpha value is -2.14. The molecule has 0 atom stereocenters. The fourth-order valence-electron chi connectivity index (χ4n) is 1.87. The smallest absolute Gasteiger partial charge is 0.258 e. The first-order chi connectivity index (χ1) is 9.63. The minimum atomic E-state index is 0.492. The molecule has 3 rings (SSSR count). The third-order valence-corrected chi connectivity index (χ3v) is 3.57. The van der Waals surface area contributed by atoms with Crippen LogP contribution in [0.3, 0.4) is 0 Å². The van der Waals surface area contributed by atoms with Crippen LogP contribution in [0.2, 0.25) is 0 Å². The molecule has 4 nitrogen and oxygen atoms in total. The third-order valence-electron chi connectivity index (χ3n) is 3.05. The molecule has 20 heavy (non-hydrogen) atoms. The predicted molar refractivity (Wildman–Crippen MR) is 82.0 cm³/mol. The van der Waals surface area contributed by atoms with Crippen molar-refractivity contribution in [3.63, 3.8) is 0 Å². The van der Waals surface area contributed by atoms with E-state index < -0.39 is 0 Å². The summed E-state index contributed by atoms with van der Waals surface area (Å²) in [5.41, 5.74) is 9.33. The zero-order valence-electron chi connectivity index (χ0n) is 10.8. The van der Waals surface area contributed by atoms with Gasteiger partial charge in [0.05, 0.1) is 0 Å². The lowest BCUT2D eigenvalue weighted by Gasteiger charge is -2.00. The Morgan fingerprint density at radius 1 is 1.05 bits per heavy atom. The summed E-state index contributed by atoms with van der Waals surface area (Å²) in [5, 5.41) is 4.01. The van der Waals surface area contributed by atoms with Crippen molar-refractivity contribution in [2.45, 2.75) is 6.92 Å². The van der Waals surface area contributed by atoms with Gasteiger partial charge in [-0.1, -0.05) is 21.1 Å². The average molecular weight is 330 g/mol. The zero-order valence-corrected chi connectivity index (χ0v) is 12.4. The van der Waals surface area contributed by atoms with Gasteiger partial charge < -0.3 is 10.3 Å². The molecular weight excluding hydrogens is 318 g/mol. The number of nitrogens with zero attached hydrogens (tertiary/aromatic N) is 2. The molecule has 0 aliphatic carbocycles. The second-order valence-electron chi connectivity index (χ2n) is 4.50. The number of benzene rings is 2. The molecule has 0 unspecified atom stereocenters. The van der Waals surface area contributed by atoms with Crippen LogP contribution in [0.15, 0.2) is 51.5 Å². The van der Waals surface area contributed by atoms with Gasteiger partial charge in [0.2, 0.25) is 5.82 Å². The summed E-state index contributed by atoms with van der Waals surface area (Å²) in [6, 6.07) is 13.4. The fraction of sp³-hybridized carbons (Fsp3) is 0.0667. The molecule has 0 aliphatic rings. The van der Waals surface area contributed by atoms with Gasteiger partial charge in [-0.15, -0.1) is 0 Å². The maximum absolute atomic E-state index is 5.81. The molecule has 1 aromatic heterocycles. The summed E-state index contributed by atoms with van der Waals surface area (Å²) in [4.78, 5) is 4.42. The van der Waals surface area contributed by atoms with Gasteiger partial charge in [0, 0.05) is 21.3 Å². The van der Waals surface area contributed by atoms with E-state index >= 15 is 0 Å². The van der Waals surface area contributed by atoms with Crippen LogP contribution in [0.1, 0.15) is 5.56 Å². The van der Waals surface area contributed by atoms with Crippen molar-refractivity contribution >= 4 is 21.6 Å². The molecule has 1 heterocycles. The normalized spacial score (nSPS) is 10.7. The van der Waals surface area contributed by atoms with Crippen molar-refractivity contribution in [3.05, 3.63) is 52.5 Å². The van der Waals surface area contributed by atoms with Crippen molar-refractivity contribution in [1.29, 1.82) is 0 Å². The summed E-state index contributed by atoms with van der Waals surface area (Å²) >= 11 is 3.40. The Morgan fingerprint density at radius 3 is 2.45 bits per heavy atom. The first kappa shape index (κ1) is 12.9. The van der Waals surface area contributed by atoms with Crippen LogP contribution in [0.5, 0.6) is 0 Å². The number of hydrogen-bond acceptors (Lipinski definition) is 4. The molecule has 0 fully saturated rings. The van der Waals surface area contributed by atoms with Gasteiger partial charge in [0.25, 0.3) is 5.89 Å². The molecule has 3 aromatic rings. The maximum atomic E-state index is 5.81. The number of rotatable bonds is 2. The third kappa shape index (κ3) is 2.44. The Bertz CT molecular complexity index is 750.